The summed E-state index contributed by atoms with van der Waals surface area (Å²) in [5.74, 6) is 0.825. The van der Waals surface area contributed by atoms with E-state index in [2.05, 4.69) is 6.58 Å². The first-order chi connectivity index (χ1) is 9.84. The molecule has 0 atom stereocenters. The molecule has 1 N–H and O–H groups in total. The van der Waals surface area contributed by atoms with Crippen molar-refractivity contribution in [1.82, 2.24) is 4.90 Å². The molecule has 21 heavy (non-hydrogen) atoms. The van der Waals surface area contributed by atoms with E-state index in [-0.39, 0.29) is 5.54 Å². The van der Waals surface area contributed by atoms with Crippen LogP contribution in [0.15, 0.2) is 36.9 Å². The van der Waals surface area contributed by atoms with Crippen molar-refractivity contribution in [2.75, 3.05) is 13.2 Å². The van der Waals surface area contributed by atoms with Crippen LogP contribution in [0.1, 0.15) is 32.8 Å². The van der Waals surface area contributed by atoms with Crippen molar-refractivity contribution in [3.8, 4) is 5.75 Å². The molecule has 0 heterocycles. The van der Waals surface area contributed by atoms with Crippen molar-refractivity contribution in [3.05, 3.63) is 42.5 Å². The minimum Gasteiger partial charge on any atom is -0.493 e. The minimum atomic E-state index is -0.883. The predicted molar refractivity (Wildman–Crippen MR) is 84.9 cm³/mol. The van der Waals surface area contributed by atoms with Gasteiger partial charge in [-0.25, -0.2) is 4.79 Å². The van der Waals surface area contributed by atoms with Gasteiger partial charge in [0.2, 0.25) is 0 Å². The number of amides is 1. The molecule has 0 saturated carbocycles. The summed E-state index contributed by atoms with van der Waals surface area (Å²) in [6, 6.07) is 7.79. The molecule has 4 nitrogen and oxygen atoms in total. The van der Waals surface area contributed by atoms with E-state index in [1.165, 1.54) is 4.90 Å². The van der Waals surface area contributed by atoms with Crippen molar-refractivity contribution >= 4 is 6.09 Å². The highest BCUT2D eigenvalue weighted by molar-refractivity contribution is 5.66. The van der Waals surface area contributed by atoms with Crippen molar-refractivity contribution in [2.45, 2.75) is 39.2 Å². The van der Waals surface area contributed by atoms with Gasteiger partial charge in [0.25, 0.3) is 0 Å². The smallest absolute Gasteiger partial charge is 0.407 e. The second-order valence-corrected chi connectivity index (χ2v) is 5.92. The largest absolute Gasteiger partial charge is 0.493 e. The van der Waals surface area contributed by atoms with Gasteiger partial charge < -0.3 is 14.7 Å². The van der Waals surface area contributed by atoms with Crippen LogP contribution in [0.4, 0.5) is 4.79 Å². The van der Waals surface area contributed by atoms with Gasteiger partial charge in [0, 0.05) is 12.1 Å². The van der Waals surface area contributed by atoms with Crippen molar-refractivity contribution < 1.29 is 14.6 Å². The molecule has 0 radical (unpaired) electrons. The summed E-state index contributed by atoms with van der Waals surface area (Å²) in [6.45, 7) is 10.5. The Morgan fingerprint density at radius 2 is 1.95 bits per heavy atom. The van der Waals surface area contributed by atoms with Gasteiger partial charge in [0.1, 0.15) is 5.75 Å². The van der Waals surface area contributed by atoms with E-state index in [1.807, 2.05) is 51.1 Å². The first-order valence-electron chi connectivity index (χ1n) is 7.18. The van der Waals surface area contributed by atoms with Crippen molar-refractivity contribution in [3.63, 3.8) is 0 Å². The van der Waals surface area contributed by atoms with Crippen molar-refractivity contribution in [1.29, 1.82) is 0 Å². The first kappa shape index (κ1) is 17.1. The molecular weight excluding hydrogens is 266 g/mol. The Balaban J connectivity index is 2.55. The molecule has 116 valence electrons. The Morgan fingerprint density at radius 1 is 1.33 bits per heavy atom. The number of benzene rings is 1. The summed E-state index contributed by atoms with van der Waals surface area (Å²) in [6.07, 6.45) is 2.45. The van der Waals surface area contributed by atoms with E-state index in [1.54, 1.807) is 0 Å². The molecule has 1 aromatic rings. The average molecular weight is 291 g/mol. The van der Waals surface area contributed by atoms with E-state index in [4.69, 9.17) is 4.74 Å². The average Bonchev–Trinajstić information content (AvgIpc) is 2.39. The van der Waals surface area contributed by atoms with E-state index in [0.29, 0.717) is 19.6 Å². The maximum Gasteiger partial charge on any atom is 0.407 e. The molecule has 1 aromatic carbocycles. The predicted octanol–water partition coefficient (Wildman–Crippen LogP) is 3.96. The van der Waals surface area contributed by atoms with Crippen LogP contribution < -0.4 is 4.74 Å². The Kier molecular flexibility index (Phi) is 6.28. The Hall–Kier alpha value is -1.97. The number of carbonyl (C=O) groups is 1. The highest BCUT2D eigenvalue weighted by Crippen LogP contribution is 2.16. The molecule has 0 bridgehead atoms. The fraction of sp³-hybridized carbons (Fsp3) is 0.471. The third-order valence-electron chi connectivity index (χ3n) is 3.18. The fourth-order valence-electron chi connectivity index (χ4n) is 1.97. The molecule has 0 aromatic heterocycles. The summed E-state index contributed by atoms with van der Waals surface area (Å²) in [4.78, 5) is 12.7. The zero-order valence-corrected chi connectivity index (χ0v) is 13.1. The summed E-state index contributed by atoms with van der Waals surface area (Å²) < 4.78 is 5.54. The zero-order valence-electron chi connectivity index (χ0n) is 13.1. The number of hydrogen-bond donors (Lipinski definition) is 1. The van der Waals surface area contributed by atoms with E-state index < -0.39 is 6.09 Å². The van der Waals surface area contributed by atoms with Gasteiger partial charge in [-0.05, 0) is 51.3 Å². The van der Waals surface area contributed by atoms with Crippen LogP contribution in [0.5, 0.6) is 5.75 Å². The van der Waals surface area contributed by atoms with Crippen molar-refractivity contribution in [2.24, 2.45) is 0 Å². The normalized spacial score (nSPS) is 11.0. The highest BCUT2D eigenvalue weighted by Gasteiger charge is 2.25. The van der Waals surface area contributed by atoms with E-state index in [0.717, 1.165) is 17.7 Å². The van der Waals surface area contributed by atoms with Crippen LogP contribution in [0.3, 0.4) is 0 Å². The fourth-order valence-corrected chi connectivity index (χ4v) is 1.97. The lowest BCUT2D eigenvalue weighted by Gasteiger charge is -2.33. The van der Waals surface area contributed by atoms with Gasteiger partial charge in [0.05, 0.1) is 6.61 Å². The molecule has 0 aliphatic carbocycles. The van der Waals surface area contributed by atoms with Crippen LogP contribution in [0.25, 0.3) is 0 Å². The number of rotatable bonds is 7. The molecule has 0 fully saturated rings. The Morgan fingerprint density at radius 3 is 2.43 bits per heavy atom. The minimum absolute atomic E-state index is 0.389. The lowest BCUT2D eigenvalue weighted by molar-refractivity contribution is 0.101. The number of nitrogens with zero attached hydrogens (tertiary/aromatic N) is 1. The van der Waals surface area contributed by atoms with E-state index >= 15 is 0 Å². The van der Waals surface area contributed by atoms with Gasteiger partial charge in [-0.1, -0.05) is 18.2 Å². The molecular formula is C17H25NO3. The molecule has 4 heteroatoms. The maximum atomic E-state index is 11.3. The standard InChI is InChI=1S/C17H25NO3/c1-5-6-13-21-15-9-7-14(8-10-15)11-12-18(16(19)20)17(2,3)4/h5,7-10H,1,6,11-13H2,2-4H3,(H,19,20). The summed E-state index contributed by atoms with van der Waals surface area (Å²) >= 11 is 0. The number of hydrogen-bond acceptors (Lipinski definition) is 2. The number of ether oxygens (including phenoxy) is 1. The summed E-state index contributed by atoms with van der Waals surface area (Å²) in [5.41, 5.74) is 0.709. The summed E-state index contributed by atoms with van der Waals surface area (Å²) in [5, 5.41) is 9.25. The van der Waals surface area contributed by atoms with Crippen LogP contribution in [0, 0.1) is 0 Å². The zero-order chi connectivity index (χ0) is 15.9. The van der Waals surface area contributed by atoms with Gasteiger partial charge in [-0.3, -0.25) is 0 Å². The molecule has 1 amide bonds. The topological polar surface area (TPSA) is 49.8 Å². The van der Waals surface area contributed by atoms with Gasteiger partial charge >= 0.3 is 6.09 Å². The molecule has 0 aliphatic heterocycles. The van der Waals surface area contributed by atoms with Crippen LogP contribution in [-0.2, 0) is 6.42 Å². The third kappa shape index (κ3) is 5.90. The number of carboxylic acid groups (broad SMARTS) is 1. The van der Waals surface area contributed by atoms with Crippen LogP contribution >= 0.6 is 0 Å². The van der Waals surface area contributed by atoms with Gasteiger partial charge in [-0.2, -0.15) is 0 Å². The molecule has 0 aliphatic rings. The molecule has 0 saturated heterocycles. The Bertz CT molecular complexity index is 460. The summed E-state index contributed by atoms with van der Waals surface area (Å²) in [7, 11) is 0. The van der Waals surface area contributed by atoms with Gasteiger partial charge in [0.15, 0.2) is 0 Å². The molecule has 0 spiro atoms. The van der Waals surface area contributed by atoms with Gasteiger partial charge in [-0.15, -0.1) is 6.58 Å². The van der Waals surface area contributed by atoms with Crippen LogP contribution in [-0.4, -0.2) is 34.8 Å². The molecule has 0 unspecified atom stereocenters. The van der Waals surface area contributed by atoms with Crippen LogP contribution in [0.2, 0.25) is 0 Å². The molecule has 1 rings (SSSR count). The second kappa shape index (κ2) is 7.72. The Labute approximate surface area is 127 Å². The maximum absolute atomic E-state index is 11.3. The highest BCUT2D eigenvalue weighted by atomic mass is 16.5. The quantitative estimate of drug-likeness (QED) is 0.611. The second-order valence-electron chi connectivity index (χ2n) is 5.92. The monoisotopic (exact) mass is 291 g/mol. The SMILES string of the molecule is C=CCCOc1ccc(CCN(C(=O)O)C(C)(C)C)cc1. The lowest BCUT2D eigenvalue weighted by atomic mass is 10.1. The third-order valence-corrected chi connectivity index (χ3v) is 3.18. The first-order valence-corrected chi connectivity index (χ1v) is 7.18. The lowest BCUT2D eigenvalue weighted by Crippen LogP contribution is -2.45. The van der Waals surface area contributed by atoms with E-state index in [9.17, 15) is 9.90 Å².